The first-order valence-electron chi connectivity index (χ1n) is 5.57. The third kappa shape index (κ3) is 138. The highest BCUT2D eigenvalue weighted by molar-refractivity contribution is 8.06. The molecule has 0 radical (unpaired) electrons. The smallest absolute Gasteiger partial charge is 0.319 e. The van der Waals surface area contributed by atoms with Gasteiger partial charge in [0.15, 0.2) is 0 Å². The summed E-state index contributed by atoms with van der Waals surface area (Å²) in [6.45, 7) is 0.389. The molecule has 0 aliphatic heterocycles. The van der Waals surface area contributed by atoms with E-state index in [0.29, 0.717) is 0 Å². The minimum Gasteiger partial charge on any atom is -0.325 e. The average Bonchev–Trinajstić information content (AvgIpc) is 2.32. The zero-order chi connectivity index (χ0) is 17.2. The maximum Gasteiger partial charge on any atom is 0.319 e. The molecule has 0 bridgehead atoms. The first-order chi connectivity index (χ1) is 9.00. The lowest BCUT2D eigenvalue weighted by atomic mass is 10.4. The summed E-state index contributed by atoms with van der Waals surface area (Å²) >= 11 is 7.21. The summed E-state index contributed by atoms with van der Waals surface area (Å²) < 4.78 is 0. The van der Waals surface area contributed by atoms with E-state index < -0.39 is 13.4 Å². The van der Waals surface area contributed by atoms with Gasteiger partial charge in [0, 0.05) is 0 Å². The van der Waals surface area contributed by atoms with Crippen LogP contribution in [0.4, 0.5) is 0 Å². The Morgan fingerprint density at radius 2 is 0.550 bits per heavy atom. The molecule has 0 aromatic heterocycles. The molecule has 0 atom stereocenters. The third-order valence-corrected chi connectivity index (χ3v) is 0.667. The average molecular weight is 366 g/mol. The van der Waals surface area contributed by atoms with Crippen LogP contribution in [0.3, 0.4) is 0 Å². The molecule has 0 heterocycles. The van der Waals surface area contributed by atoms with Crippen molar-refractivity contribution in [1.82, 2.24) is 0 Å². The molecule has 0 unspecified atom stereocenters. The van der Waals surface area contributed by atoms with E-state index in [-0.39, 0.29) is 0 Å². The van der Waals surface area contributed by atoms with Gasteiger partial charge >= 0.3 is 13.4 Å². The fourth-order valence-corrected chi connectivity index (χ4v) is 0.385. The maximum absolute atomic E-state index is 7.56. The highest BCUT2D eigenvalue weighted by atomic mass is 32.5. The van der Waals surface area contributed by atoms with E-state index in [4.69, 9.17) is 29.4 Å². The number of rotatable bonds is 0. The molecule has 20 heavy (non-hydrogen) atoms. The first kappa shape index (κ1) is 28.4. The van der Waals surface area contributed by atoms with Gasteiger partial charge in [-0.05, 0) is 23.6 Å². The van der Waals surface area contributed by atoms with Crippen molar-refractivity contribution in [3.8, 4) is 0 Å². The van der Waals surface area contributed by atoms with Gasteiger partial charge in [0.25, 0.3) is 0 Å². The van der Waals surface area contributed by atoms with Crippen LogP contribution in [0.15, 0.2) is 36.4 Å². The van der Waals surface area contributed by atoms with Crippen LogP contribution in [-0.2, 0) is 23.6 Å². The Kier molecular flexibility index (Phi) is 27.4. The molecule has 1 aromatic rings. The quantitative estimate of drug-likeness (QED) is 0.386. The summed E-state index contributed by atoms with van der Waals surface area (Å²) in [7, 11) is 0. The highest BCUT2D eigenvalue weighted by Crippen LogP contribution is 2.26. The predicted molar refractivity (Wildman–Crippen MR) is 91.0 cm³/mol. The van der Waals surface area contributed by atoms with Gasteiger partial charge in [-0.15, -0.1) is 0 Å². The SMILES string of the molecule is CC.CC.OP(O)(O)=S.OP(O)(O)=S.c1ccccc1. The standard InChI is InChI=1S/C6H6.2C2H6.2H3O3PS/c1-2-4-6-5-3-1;2*1-2;2*1-4(2,3)5/h1-6H;2*1-2H3;2*(H3,1,2,3,5). The van der Waals surface area contributed by atoms with E-state index in [1.54, 1.807) is 0 Å². The monoisotopic (exact) mass is 366 g/mol. The molecule has 6 N–H and O–H groups in total. The van der Waals surface area contributed by atoms with Crippen molar-refractivity contribution in [1.29, 1.82) is 0 Å². The van der Waals surface area contributed by atoms with E-state index in [1.165, 1.54) is 0 Å². The van der Waals surface area contributed by atoms with E-state index >= 15 is 0 Å². The van der Waals surface area contributed by atoms with Gasteiger partial charge in [0.2, 0.25) is 0 Å². The Hall–Kier alpha value is 0.280. The Morgan fingerprint density at radius 3 is 0.600 bits per heavy atom. The predicted octanol–water partition coefficient (Wildman–Crippen LogP) is 2.11. The summed E-state index contributed by atoms with van der Waals surface area (Å²) in [6, 6.07) is 12.0. The Bertz CT molecular complexity index is 289. The highest BCUT2D eigenvalue weighted by Gasteiger charge is 1.92. The third-order valence-electron chi connectivity index (χ3n) is 0.667. The maximum atomic E-state index is 7.56. The first-order valence-corrected chi connectivity index (χ1v) is 10.9. The van der Waals surface area contributed by atoms with Gasteiger partial charge in [-0.3, -0.25) is 0 Å². The van der Waals surface area contributed by atoms with Gasteiger partial charge < -0.3 is 29.4 Å². The molecule has 0 saturated carbocycles. The van der Waals surface area contributed by atoms with E-state index in [0.717, 1.165) is 0 Å². The van der Waals surface area contributed by atoms with Crippen molar-refractivity contribution < 1.29 is 29.4 Å². The van der Waals surface area contributed by atoms with Gasteiger partial charge in [-0.1, -0.05) is 64.1 Å². The second-order valence-electron chi connectivity index (χ2n) is 2.18. The van der Waals surface area contributed by atoms with Crippen LogP contribution in [0.1, 0.15) is 27.7 Å². The Labute approximate surface area is 130 Å². The van der Waals surface area contributed by atoms with E-state index in [2.05, 4.69) is 23.6 Å². The number of benzene rings is 1. The number of hydrogen-bond donors (Lipinski definition) is 6. The normalized spacial score (nSPS) is 8.90. The molecule has 0 spiro atoms. The molecule has 1 rings (SSSR count). The van der Waals surface area contributed by atoms with E-state index in [9.17, 15) is 0 Å². The summed E-state index contributed by atoms with van der Waals surface area (Å²) in [6.07, 6.45) is 0. The van der Waals surface area contributed by atoms with Crippen molar-refractivity contribution in [3.63, 3.8) is 0 Å². The van der Waals surface area contributed by atoms with Crippen LogP contribution < -0.4 is 0 Å². The molecular weight excluding hydrogens is 342 g/mol. The minimum atomic E-state index is -3.81. The lowest BCUT2D eigenvalue weighted by Gasteiger charge is -1.88. The van der Waals surface area contributed by atoms with Crippen LogP contribution in [0.25, 0.3) is 0 Å². The van der Waals surface area contributed by atoms with Crippen LogP contribution >= 0.6 is 13.4 Å². The van der Waals surface area contributed by atoms with Crippen molar-refractivity contribution in [2.45, 2.75) is 27.7 Å². The fraction of sp³-hybridized carbons (Fsp3) is 0.400. The molecule has 0 aliphatic carbocycles. The molecule has 10 heteroatoms. The second kappa shape index (κ2) is 19.3. The summed E-state index contributed by atoms with van der Waals surface area (Å²) in [5, 5.41) is 0. The van der Waals surface area contributed by atoms with Crippen LogP contribution in [0.2, 0.25) is 0 Å². The molecular formula is C10H24O6P2S2. The Balaban J connectivity index is -0.0000000858. The van der Waals surface area contributed by atoms with E-state index in [1.807, 2.05) is 64.1 Å². The van der Waals surface area contributed by atoms with Gasteiger partial charge in [-0.2, -0.15) is 0 Å². The van der Waals surface area contributed by atoms with Crippen molar-refractivity contribution in [3.05, 3.63) is 36.4 Å². The molecule has 6 nitrogen and oxygen atoms in total. The van der Waals surface area contributed by atoms with Crippen LogP contribution in [0, 0.1) is 0 Å². The molecule has 0 saturated heterocycles. The zero-order valence-corrected chi connectivity index (χ0v) is 15.3. The lowest BCUT2D eigenvalue weighted by Crippen LogP contribution is -1.65. The molecule has 0 fully saturated rings. The topological polar surface area (TPSA) is 121 Å². The van der Waals surface area contributed by atoms with Crippen molar-refractivity contribution in [2.24, 2.45) is 0 Å². The molecule has 0 aliphatic rings. The summed E-state index contributed by atoms with van der Waals surface area (Å²) in [5.41, 5.74) is 0. The summed E-state index contributed by atoms with van der Waals surface area (Å²) in [5.74, 6) is 0. The fourth-order valence-electron chi connectivity index (χ4n) is 0.385. The van der Waals surface area contributed by atoms with Crippen LogP contribution in [0.5, 0.6) is 0 Å². The lowest BCUT2D eigenvalue weighted by molar-refractivity contribution is 0.361. The molecule has 1 aromatic carbocycles. The minimum absolute atomic E-state index is 2.00. The van der Waals surface area contributed by atoms with Crippen LogP contribution in [-0.4, -0.2) is 29.4 Å². The Morgan fingerprint density at radius 1 is 0.500 bits per heavy atom. The van der Waals surface area contributed by atoms with Gasteiger partial charge in [0.05, 0.1) is 0 Å². The molecule has 122 valence electrons. The largest absolute Gasteiger partial charge is 0.325 e. The second-order valence-corrected chi connectivity index (χ2v) is 7.17. The number of hydrogen-bond acceptors (Lipinski definition) is 2. The van der Waals surface area contributed by atoms with Crippen molar-refractivity contribution >= 4 is 37.1 Å². The van der Waals surface area contributed by atoms with Gasteiger partial charge in [-0.25, -0.2) is 0 Å². The van der Waals surface area contributed by atoms with Gasteiger partial charge in [0.1, 0.15) is 0 Å². The molecule has 0 amide bonds. The van der Waals surface area contributed by atoms with Crippen molar-refractivity contribution in [2.75, 3.05) is 0 Å². The summed E-state index contributed by atoms with van der Waals surface area (Å²) in [4.78, 5) is 45.3. The zero-order valence-electron chi connectivity index (χ0n) is 11.9.